The summed E-state index contributed by atoms with van der Waals surface area (Å²) in [5.41, 5.74) is 9.86. The van der Waals surface area contributed by atoms with Crippen LogP contribution in [-0.4, -0.2) is 9.78 Å². The summed E-state index contributed by atoms with van der Waals surface area (Å²) in [6, 6.07) is 2.59. The fourth-order valence-electron chi connectivity index (χ4n) is 2.00. The Morgan fingerprint density at radius 3 is 2.83 bits per heavy atom. The van der Waals surface area contributed by atoms with Crippen LogP contribution in [0.5, 0.6) is 0 Å². The molecule has 2 rings (SSSR count). The molecule has 18 heavy (non-hydrogen) atoms. The van der Waals surface area contributed by atoms with Crippen LogP contribution in [0.15, 0.2) is 23.0 Å². The van der Waals surface area contributed by atoms with Gasteiger partial charge in [-0.25, -0.2) is 0 Å². The van der Waals surface area contributed by atoms with Gasteiger partial charge in [0.2, 0.25) is 0 Å². The molecule has 2 N–H and O–H groups in total. The standard InChI is InChI=1S/C14H21N3S/c1-4-11(3)17-6-5-12(16-17)7-14(15)13-9-18-8-10(13)2/h5-6,8-9,11,14H,4,7,15H2,1-3H3. The van der Waals surface area contributed by atoms with Crippen molar-refractivity contribution in [3.63, 3.8) is 0 Å². The van der Waals surface area contributed by atoms with E-state index in [1.807, 2.05) is 4.68 Å². The summed E-state index contributed by atoms with van der Waals surface area (Å²) in [4.78, 5) is 0. The highest BCUT2D eigenvalue weighted by molar-refractivity contribution is 7.08. The van der Waals surface area contributed by atoms with E-state index in [-0.39, 0.29) is 6.04 Å². The van der Waals surface area contributed by atoms with Crippen molar-refractivity contribution in [1.82, 2.24) is 9.78 Å². The molecule has 98 valence electrons. The summed E-state index contributed by atoms with van der Waals surface area (Å²) in [7, 11) is 0. The Hall–Kier alpha value is -1.13. The predicted molar refractivity (Wildman–Crippen MR) is 76.9 cm³/mol. The van der Waals surface area contributed by atoms with Gasteiger partial charge in [-0.05, 0) is 48.2 Å². The summed E-state index contributed by atoms with van der Waals surface area (Å²) < 4.78 is 2.03. The first-order valence-electron chi connectivity index (χ1n) is 6.44. The van der Waals surface area contributed by atoms with Gasteiger partial charge < -0.3 is 5.73 Å². The third-order valence-corrected chi connectivity index (χ3v) is 4.31. The van der Waals surface area contributed by atoms with Crippen molar-refractivity contribution >= 4 is 11.3 Å². The molecule has 2 aromatic rings. The van der Waals surface area contributed by atoms with Crippen LogP contribution in [0.25, 0.3) is 0 Å². The summed E-state index contributed by atoms with van der Waals surface area (Å²) in [6.45, 7) is 6.47. The second-order valence-electron chi connectivity index (χ2n) is 4.87. The van der Waals surface area contributed by atoms with Gasteiger partial charge in [-0.15, -0.1) is 0 Å². The number of aromatic nitrogens is 2. The minimum Gasteiger partial charge on any atom is -0.324 e. The first-order valence-corrected chi connectivity index (χ1v) is 7.38. The number of nitrogens with zero attached hydrogens (tertiary/aromatic N) is 2. The van der Waals surface area contributed by atoms with Crippen LogP contribution in [0.3, 0.4) is 0 Å². The van der Waals surface area contributed by atoms with Crippen molar-refractivity contribution in [2.24, 2.45) is 5.73 Å². The first kappa shape index (κ1) is 13.3. The van der Waals surface area contributed by atoms with Crippen molar-refractivity contribution in [3.8, 4) is 0 Å². The fourth-order valence-corrected chi connectivity index (χ4v) is 2.92. The highest BCUT2D eigenvalue weighted by atomic mass is 32.1. The van der Waals surface area contributed by atoms with Crippen LogP contribution in [0.2, 0.25) is 0 Å². The molecule has 2 heterocycles. The highest BCUT2D eigenvalue weighted by Crippen LogP contribution is 2.22. The van der Waals surface area contributed by atoms with Crippen LogP contribution >= 0.6 is 11.3 Å². The lowest BCUT2D eigenvalue weighted by Gasteiger charge is -2.11. The maximum Gasteiger partial charge on any atom is 0.0643 e. The predicted octanol–water partition coefficient (Wildman–Crippen LogP) is 3.47. The second kappa shape index (κ2) is 5.67. The van der Waals surface area contributed by atoms with Gasteiger partial charge in [-0.1, -0.05) is 6.92 Å². The Labute approximate surface area is 113 Å². The van der Waals surface area contributed by atoms with E-state index in [0.717, 1.165) is 18.5 Å². The third-order valence-electron chi connectivity index (χ3n) is 3.43. The lowest BCUT2D eigenvalue weighted by atomic mass is 10.0. The van der Waals surface area contributed by atoms with Crippen molar-refractivity contribution < 1.29 is 0 Å². The molecule has 3 nitrogen and oxygen atoms in total. The molecule has 2 unspecified atom stereocenters. The zero-order valence-electron chi connectivity index (χ0n) is 11.3. The van der Waals surface area contributed by atoms with E-state index in [2.05, 4.69) is 48.9 Å². The smallest absolute Gasteiger partial charge is 0.0643 e. The van der Waals surface area contributed by atoms with E-state index >= 15 is 0 Å². The Kier molecular flexibility index (Phi) is 4.19. The van der Waals surface area contributed by atoms with E-state index in [1.165, 1.54) is 11.1 Å². The number of thiophene rings is 1. The summed E-state index contributed by atoms with van der Waals surface area (Å²) in [5.74, 6) is 0. The van der Waals surface area contributed by atoms with Crippen molar-refractivity contribution in [3.05, 3.63) is 39.8 Å². The molecular formula is C14H21N3S. The van der Waals surface area contributed by atoms with Crippen LogP contribution in [-0.2, 0) is 6.42 Å². The average molecular weight is 263 g/mol. The Bertz CT molecular complexity index is 501. The molecule has 0 aliphatic heterocycles. The van der Waals surface area contributed by atoms with E-state index < -0.39 is 0 Å². The largest absolute Gasteiger partial charge is 0.324 e. The zero-order chi connectivity index (χ0) is 13.1. The number of rotatable bonds is 5. The van der Waals surface area contributed by atoms with Crippen molar-refractivity contribution in [1.29, 1.82) is 0 Å². The molecule has 0 aliphatic rings. The average Bonchev–Trinajstić information content (AvgIpc) is 2.97. The van der Waals surface area contributed by atoms with Crippen molar-refractivity contribution in [2.75, 3.05) is 0 Å². The topological polar surface area (TPSA) is 43.8 Å². The van der Waals surface area contributed by atoms with E-state index in [0.29, 0.717) is 6.04 Å². The number of aryl methyl sites for hydroxylation is 1. The number of hydrogen-bond donors (Lipinski definition) is 1. The van der Waals surface area contributed by atoms with Crippen molar-refractivity contribution in [2.45, 2.75) is 45.7 Å². The Morgan fingerprint density at radius 1 is 1.44 bits per heavy atom. The summed E-state index contributed by atoms with van der Waals surface area (Å²) in [6.07, 6.45) is 3.95. The maximum absolute atomic E-state index is 6.25. The van der Waals surface area contributed by atoms with Gasteiger partial charge in [0.05, 0.1) is 5.69 Å². The molecule has 0 radical (unpaired) electrons. The molecule has 0 saturated carbocycles. The normalized spacial score (nSPS) is 14.7. The van der Waals surface area contributed by atoms with Gasteiger partial charge in [0.25, 0.3) is 0 Å². The van der Waals surface area contributed by atoms with Gasteiger partial charge in [0.1, 0.15) is 0 Å². The highest BCUT2D eigenvalue weighted by Gasteiger charge is 2.13. The molecule has 0 aliphatic carbocycles. The molecule has 0 amide bonds. The van der Waals surface area contributed by atoms with Gasteiger partial charge in [-0.3, -0.25) is 4.68 Å². The summed E-state index contributed by atoms with van der Waals surface area (Å²) >= 11 is 1.71. The minimum absolute atomic E-state index is 0.0523. The molecule has 2 aromatic heterocycles. The second-order valence-corrected chi connectivity index (χ2v) is 5.61. The molecule has 0 spiro atoms. The van der Waals surface area contributed by atoms with E-state index in [4.69, 9.17) is 5.73 Å². The SMILES string of the molecule is CCC(C)n1ccc(CC(N)c2cscc2C)n1. The van der Waals surface area contributed by atoms with Crippen LogP contribution in [0, 0.1) is 6.92 Å². The van der Waals surface area contributed by atoms with E-state index in [1.54, 1.807) is 11.3 Å². The maximum atomic E-state index is 6.25. The van der Waals surface area contributed by atoms with Crippen LogP contribution < -0.4 is 5.73 Å². The number of nitrogens with two attached hydrogens (primary N) is 1. The molecule has 0 bridgehead atoms. The van der Waals surface area contributed by atoms with Gasteiger partial charge >= 0.3 is 0 Å². The number of hydrogen-bond acceptors (Lipinski definition) is 3. The monoisotopic (exact) mass is 263 g/mol. The molecule has 0 saturated heterocycles. The molecule has 0 aromatic carbocycles. The third kappa shape index (κ3) is 2.82. The van der Waals surface area contributed by atoms with Gasteiger partial charge in [0.15, 0.2) is 0 Å². The minimum atomic E-state index is 0.0523. The zero-order valence-corrected chi connectivity index (χ0v) is 12.1. The van der Waals surface area contributed by atoms with Crippen LogP contribution in [0.1, 0.15) is 49.2 Å². The molecular weight excluding hydrogens is 242 g/mol. The first-order chi connectivity index (χ1) is 8.61. The Balaban J connectivity index is 2.06. The van der Waals surface area contributed by atoms with Gasteiger partial charge in [0, 0.05) is 24.7 Å². The molecule has 0 fully saturated rings. The van der Waals surface area contributed by atoms with Crippen LogP contribution in [0.4, 0.5) is 0 Å². The summed E-state index contributed by atoms with van der Waals surface area (Å²) in [5, 5.41) is 8.89. The fraction of sp³-hybridized carbons (Fsp3) is 0.500. The molecule has 2 atom stereocenters. The lowest BCUT2D eigenvalue weighted by molar-refractivity contribution is 0.472. The van der Waals surface area contributed by atoms with Gasteiger partial charge in [-0.2, -0.15) is 16.4 Å². The Morgan fingerprint density at radius 2 is 2.22 bits per heavy atom. The molecule has 4 heteroatoms. The quantitative estimate of drug-likeness (QED) is 0.897. The lowest BCUT2D eigenvalue weighted by Crippen LogP contribution is -2.14. The van der Waals surface area contributed by atoms with E-state index in [9.17, 15) is 0 Å².